The van der Waals surface area contributed by atoms with Crippen molar-refractivity contribution in [3.05, 3.63) is 76.8 Å². The predicted molar refractivity (Wildman–Crippen MR) is 133 cm³/mol. The predicted octanol–water partition coefficient (Wildman–Crippen LogP) is 5.33. The molecule has 0 spiro atoms. The van der Waals surface area contributed by atoms with Crippen molar-refractivity contribution >= 4 is 40.4 Å². The highest BCUT2D eigenvalue weighted by atomic mass is 35.5. The van der Waals surface area contributed by atoms with Gasteiger partial charge in [-0.25, -0.2) is 5.43 Å². The van der Waals surface area contributed by atoms with Gasteiger partial charge in [0, 0.05) is 23.9 Å². The summed E-state index contributed by atoms with van der Waals surface area (Å²) >= 11 is 6.02. The molecule has 0 unspecified atom stereocenters. The van der Waals surface area contributed by atoms with Gasteiger partial charge in [-0.15, -0.1) is 0 Å². The average Bonchev–Trinajstić information content (AvgIpc) is 2.83. The number of carbonyl (C=O) groups excluding carboxylic acids is 2. The number of hydrogen-bond donors (Lipinski definition) is 2. The van der Waals surface area contributed by atoms with E-state index in [0.29, 0.717) is 30.2 Å². The molecule has 3 aromatic rings. The summed E-state index contributed by atoms with van der Waals surface area (Å²) in [5, 5.41) is 9.42. The van der Waals surface area contributed by atoms with Crippen LogP contribution in [0.2, 0.25) is 5.02 Å². The van der Waals surface area contributed by atoms with Crippen LogP contribution in [0.25, 0.3) is 10.8 Å². The molecule has 6 nitrogen and oxygen atoms in total. The van der Waals surface area contributed by atoms with Gasteiger partial charge in [-0.2, -0.15) is 5.10 Å². The van der Waals surface area contributed by atoms with Crippen LogP contribution in [0.4, 0.5) is 0 Å². The summed E-state index contributed by atoms with van der Waals surface area (Å²) in [5.74, 6) is 0.508. The maximum Gasteiger partial charge on any atom is 0.252 e. The number of hydrogen-bond acceptors (Lipinski definition) is 4. The molecule has 0 fully saturated rings. The lowest BCUT2D eigenvalue weighted by atomic mass is 10.0. The second-order valence-corrected chi connectivity index (χ2v) is 7.88. The number of fused-ring (bicyclic) bond motifs is 1. The van der Waals surface area contributed by atoms with Crippen molar-refractivity contribution in [1.82, 2.24) is 10.7 Å². The number of ether oxygens (including phenoxy) is 1. The van der Waals surface area contributed by atoms with Crippen LogP contribution in [0.3, 0.4) is 0 Å². The monoisotopic (exact) mass is 465 g/mol. The lowest BCUT2D eigenvalue weighted by molar-refractivity contribution is -0.121. The minimum Gasteiger partial charge on any atom is -0.493 e. The molecule has 0 aliphatic carbocycles. The molecule has 0 saturated carbocycles. The van der Waals surface area contributed by atoms with Crippen molar-refractivity contribution in [2.75, 3.05) is 13.2 Å². The third-order valence-electron chi connectivity index (χ3n) is 5.10. The molecule has 0 atom stereocenters. The highest BCUT2D eigenvalue weighted by Gasteiger charge is 2.08. The molecule has 2 amide bonds. The molecule has 0 aromatic heterocycles. The van der Waals surface area contributed by atoms with Crippen LogP contribution in [0, 0.1) is 0 Å². The number of benzene rings is 3. The number of rotatable bonds is 11. The number of hydrazone groups is 1. The Hall–Kier alpha value is -3.38. The summed E-state index contributed by atoms with van der Waals surface area (Å²) in [6, 6.07) is 18.7. The molecule has 3 rings (SSSR count). The first-order valence-electron chi connectivity index (χ1n) is 11.1. The minimum absolute atomic E-state index is 0.137. The van der Waals surface area contributed by atoms with Gasteiger partial charge in [0.15, 0.2) is 0 Å². The summed E-state index contributed by atoms with van der Waals surface area (Å²) in [4.78, 5) is 24.2. The van der Waals surface area contributed by atoms with Gasteiger partial charge in [0.2, 0.25) is 5.91 Å². The van der Waals surface area contributed by atoms with Crippen molar-refractivity contribution in [2.24, 2.45) is 5.10 Å². The van der Waals surface area contributed by atoms with Crippen LogP contribution in [-0.2, 0) is 4.79 Å². The van der Waals surface area contributed by atoms with E-state index in [1.54, 1.807) is 30.5 Å². The fourth-order valence-corrected chi connectivity index (χ4v) is 3.67. The average molecular weight is 466 g/mol. The Balaban J connectivity index is 1.38. The Morgan fingerprint density at radius 3 is 2.52 bits per heavy atom. The molecule has 0 radical (unpaired) electrons. The molecular weight excluding hydrogens is 438 g/mol. The van der Waals surface area contributed by atoms with E-state index < -0.39 is 0 Å². The molecule has 0 bridgehead atoms. The van der Waals surface area contributed by atoms with Crippen LogP contribution in [0.1, 0.15) is 48.5 Å². The van der Waals surface area contributed by atoms with Crippen molar-refractivity contribution in [2.45, 2.75) is 32.6 Å². The van der Waals surface area contributed by atoms with Gasteiger partial charge in [-0.1, -0.05) is 54.4 Å². The highest BCUT2D eigenvalue weighted by Crippen LogP contribution is 2.27. The molecule has 0 heterocycles. The number of unbranched alkanes of at least 4 members (excludes halogenated alkanes) is 2. The molecule has 0 aliphatic heterocycles. The lowest BCUT2D eigenvalue weighted by Crippen LogP contribution is -2.24. The van der Waals surface area contributed by atoms with E-state index in [0.717, 1.165) is 41.3 Å². The molecule has 3 aromatic carbocycles. The molecule has 7 heteroatoms. The normalized spacial score (nSPS) is 11.0. The number of nitrogens with one attached hydrogen (secondary N) is 2. The summed E-state index contributed by atoms with van der Waals surface area (Å²) in [6.07, 6.45) is 4.35. The van der Waals surface area contributed by atoms with E-state index in [1.165, 1.54) is 0 Å². The van der Waals surface area contributed by atoms with Gasteiger partial charge in [-0.05, 0) is 49.4 Å². The maximum absolute atomic E-state index is 12.1. The van der Waals surface area contributed by atoms with Gasteiger partial charge >= 0.3 is 0 Å². The summed E-state index contributed by atoms with van der Waals surface area (Å²) in [6.45, 7) is 3.09. The van der Waals surface area contributed by atoms with E-state index in [1.807, 2.05) is 43.3 Å². The highest BCUT2D eigenvalue weighted by molar-refractivity contribution is 6.33. The maximum atomic E-state index is 12.1. The van der Waals surface area contributed by atoms with E-state index in [-0.39, 0.29) is 11.8 Å². The lowest BCUT2D eigenvalue weighted by Gasteiger charge is -2.09. The summed E-state index contributed by atoms with van der Waals surface area (Å²) in [5.41, 5.74) is 3.96. The standard InChI is InChI=1S/C26H28ClN3O3/c1-2-33-24-16-15-19(20-10-5-6-11-21(20)24)18-29-30-25(31)14-4-3-9-17-28-26(32)22-12-7-8-13-23(22)27/h5-8,10-13,15-16,18H,2-4,9,14,17H2,1H3,(H,28,32)(H,30,31)/b29-18+. The number of amides is 2. The Kier molecular flexibility index (Phi) is 9.27. The first-order valence-corrected chi connectivity index (χ1v) is 11.5. The third kappa shape index (κ3) is 7.05. The first-order chi connectivity index (χ1) is 16.1. The first kappa shape index (κ1) is 24.3. The van der Waals surface area contributed by atoms with Gasteiger partial charge in [-0.3, -0.25) is 9.59 Å². The molecule has 0 aliphatic rings. The van der Waals surface area contributed by atoms with E-state index >= 15 is 0 Å². The molecule has 2 N–H and O–H groups in total. The van der Waals surface area contributed by atoms with Gasteiger partial charge in [0.25, 0.3) is 5.91 Å². The Labute approximate surface area is 199 Å². The van der Waals surface area contributed by atoms with Crippen molar-refractivity contribution in [3.8, 4) is 5.75 Å². The van der Waals surface area contributed by atoms with E-state index in [2.05, 4.69) is 15.8 Å². The van der Waals surface area contributed by atoms with Crippen LogP contribution in [-0.4, -0.2) is 31.2 Å². The van der Waals surface area contributed by atoms with Crippen LogP contribution in [0.15, 0.2) is 65.8 Å². The minimum atomic E-state index is -0.186. The van der Waals surface area contributed by atoms with E-state index in [4.69, 9.17) is 16.3 Å². The molecule has 33 heavy (non-hydrogen) atoms. The number of halogens is 1. The van der Waals surface area contributed by atoms with Crippen molar-refractivity contribution < 1.29 is 14.3 Å². The second-order valence-electron chi connectivity index (χ2n) is 7.47. The largest absolute Gasteiger partial charge is 0.493 e. The smallest absolute Gasteiger partial charge is 0.252 e. The summed E-state index contributed by atoms with van der Waals surface area (Å²) < 4.78 is 5.69. The van der Waals surface area contributed by atoms with Crippen LogP contribution in [0.5, 0.6) is 5.75 Å². The second kappa shape index (κ2) is 12.6. The summed E-state index contributed by atoms with van der Waals surface area (Å²) in [7, 11) is 0. The number of nitrogens with zero attached hydrogens (tertiary/aromatic N) is 1. The molecular formula is C26H28ClN3O3. The quantitative estimate of drug-likeness (QED) is 0.228. The molecule has 172 valence electrons. The Bertz CT molecular complexity index is 1130. The number of carbonyl (C=O) groups is 2. The van der Waals surface area contributed by atoms with Gasteiger partial charge in [0.05, 0.1) is 23.4 Å². The van der Waals surface area contributed by atoms with Crippen molar-refractivity contribution in [3.63, 3.8) is 0 Å². The van der Waals surface area contributed by atoms with Crippen molar-refractivity contribution in [1.29, 1.82) is 0 Å². The topological polar surface area (TPSA) is 79.8 Å². The van der Waals surface area contributed by atoms with Gasteiger partial charge < -0.3 is 10.1 Å². The zero-order valence-corrected chi connectivity index (χ0v) is 19.4. The van der Waals surface area contributed by atoms with Gasteiger partial charge in [0.1, 0.15) is 5.75 Å². The van der Waals surface area contributed by atoms with Crippen LogP contribution < -0.4 is 15.5 Å². The zero-order chi connectivity index (χ0) is 23.5. The van der Waals surface area contributed by atoms with E-state index in [9.17, 15) is 9.59 Å². The molecule has 0 saturated heterocycles. The SMILES string of the molecule is CCOc1ccc(/C=N/NC(=O)CCCCCNC(=O)c2ccccc2Cl)c2ccccc12. The fraction of sp³-hybridized carbons (Fsp3) is 0.269. The van der Waals surface area contributed by atoms with Crippen LogP contribution >= 0.6 is 11.6 Å². The third-order valence-corrected chi connectivity index (χ3v) is 5.42. The zero-order valence-electron chi connectivity index (χ0n) is 18.6. The Morgan fingerprint density at radius 2 is 1.73 bits per heavy atom. The Morgan fingerprint density at radius 1 is 0.970 bits per heavy atom. The fourth-order valence-electron chi connectivity index (χ4n) is 3.45.